The van der Waals surface area contributed by atoms with E-state index in [0.29, 0.717) is 42.9 Å². The summed E-state index contributed by atoms with van der Waals surface area (Å²) in [6.07, 6.45) is 0.483. The maximum absolute atomic E-state index is 12.2. The Morgan fingerprint density at radius 3 is 1.69 bits per heavy atom. The van der Waals surface area contributed by atoms with Crippen molar-refractivity contribution < 1.29 is 57.4 Å². The van der Waals surface area contributed by atoms with Crippen LogP contribution in [0.4, 0.5) is 0 Å². The monoisotopic (exact) mass is 735 g/mol. The number of carbonyl (C=O) groups excluding carboxylic acids is 9. The van der Waals surface area contributed by atoms with Crippen LogP contribution in [0.25, 0.3) is 0 Å². The van der Waals surface area contributed by atoms with Crippen molar-refractivity contribution in [3.63, 3.8) is 0 Å². The Labute approximate surface area is 304 Å². The summed E-state index contributed by atoms with van der Waals surface area (Å²) in [7, 11) is 3.01. The van der Waals surface area contributed by atoms with Crippen LogP contribution >= 0.6 is 0 Å². The smallest absolute Gasteiger partial charge is 0.306 e. The van der Waals surface area contributed by atoms with E-state index in [2.05, 4.69) is 26.6 Å². The Kier molecular flexibility index (Phi) is 25.4. The first-order chi connectivity index (χ1) is 24.9. The van der Waals surface area contributed by atoms with Crippen LogP contribution in [0.2, 0.25) is 0 Å². The molecule has 0 fully saturated rings. The Hall–Kier alpha value is -5.35. The number of esters is 1. The van der Waals surface area contributed by atoms with Crippen molar-refractivity contribution in [1.29, 1.82) is 0 Å². The highest BCUT2D eigenvalue weighted by molar-refractivity contribution is 5.92. The zero-order valence-corrected chi connectivity index (χ0v) is 30.7. The molecule has 5 amide bonds. The molecule has 0 radical (unpaired) electrons. The minimum Gasteiger partial charge on any atom is -0.496 e. The molecule has 17 heteroatoms. The van der Waals surface area contributed by atoms with Gasteiger partial charge in [-0.05, 0) is 18.6 Å². The quantitative estimate of drug-likeness (QED) is 0.0649. The van der Waals surface area contributed by atoms with E-state index in [1.165, 1.54) is 7.11 Å². The third kappa shape index (κ3) is 23.1. The average molecular weight is 736 g/mol. The van der Waals surface area contributed by atoms with Gasteiger partial charge in [-0.15, -0.1) is 0 Å². The summed E-state index contributed by atoms with van der Waals surface area (Å²) in [5.74, 6) is -3.04. The first-order valence-corrected chi connectivity index (χ1v) is 17.1. The number of rotatable bonds is 26. The molecule has 5 N–H and O–H groups in total. The van der Waals surface area contributed by atoms with Gasteiger partial charge in [0.1, 0.15) is 23.9 Å². The normalized spacial score (nSPS) is 9.94. The maximum Gasteiger partial charge on any atom is 0.306 e. The third-order valence-corrected chi connectivity index (χ3v) is 6.86. The molecule has 0 aliphatic heterocycles. The average Bonchev–Trinajstić information content (AvgIpc) is 3.16. The molecule has 52 heavy (non-hydrogen) atoms. The van der Waals surface area contributed by atoms with Crippen LogP contribution in [0.5, 0.6) is 11.5 Å². The van der Waals surface area contributed by atoms with E-state index in [-0.39, 0.29) is 69.9 Å². The van der Waals surface area contributed by atoms with Crippen LogP contribution in [0.3, 0.4) is 0 Å². The predicted molar refractivity (Wildman–Crippen MR) is 188 cm³/mol. The second-order valence-corrected chi connectivity index (χ2v) is 10.8. The summed E-state index contributed by atoms with van der Waals surface area (Å²) in [6.45, 7) is 4.35. The first-order valence-electron chi connectivity index (χ1n) is 17.1. The van der Waals surface area contributed by atoms with Gasteiger partial charge in [0.25, 0.3) is 0 Å². The van der Waals surface area contributed by atoms with Gasteiger partial charge in [0.05, 0.1) is 46.3 Å². The molecule has 0 atom stereocenters. The number of ketones is 3. The van der Waals surface area contributed by atoms with E-state index < -0.39 is 54.3 Å². The van der Waals surface area contributed by atoms with E-state index in [0.717, 1.165) is 0 Å². The largest absolute Gasteiger partial charge is 0.496 e. The summed E-state index contributed by atoms with van der Waals surface area (Å²) < 4.78 is 16.2. The molecule has 0 aromatic heterocycles. The van der Waals surface area contributed by atoms with Gasteiger partial charge in [-0.3, -0.25) is 43.2 Å². The standard InChI is InChI=1S/C33H47N5O12.C2H6/c1-4-23(39)8-12-29(43)35-17-24(40)9-13-30(44)37-19-32(46)38-20-31(45)36-18-25(41)10-14-33(47)50-21-22-7-11-26(16-27(22)48-3)49-15-5-6-28(42)34-2;1-2/h7,11,16H,4-6,8-10,12-15,17-21H2,1-3H3,(H,34,42)(H,35,43)(H,36,45)(H,37,44)(H,38,46);1-2H3. The lowest BCUT2D eigenvalue weighted by Gasteiger charge is -2.12. The summed E-state index contributed by atoms with van der Waals surface area (Å²) in [5, 5.41) is 11.8. The molecular weight excluding hydrogens is 682 g/mol. The SMILES string of the molecule is CC.CCC(=O)CCC(=O)NCC(=O)CCC(=O)NCC(=O)NCC(=O)NCC(=O)CCC(=O)OCc1ccc(OCCCC(=O)NC)cc1OC. The summed E-state index contributed by atoms with van der Waals surface area (Å²) in [6, 6.07) is 4.98. The maximum atomic E-state index is 12.2. The number of hydrogen-bond donors (Lipinski definition) is 5. The molecule has 1 rings (SSSR count). The van der Waals surface area contributed by atoms with Gasteiger partial charge >= 0.3 is 5.97 Å². The van der Waals surface area contributed by atoms with Crippen LogP contribution < -0.4 is 36.1 Å². The lowest BCUT2D eigenvalue weighted by molar-refractivity contribution is -0.146. The van der Waals surface area contributed by atoms with E-state index in [1.807, 2.05) is 13.8 Å². The number of amides is 5. The molecule has 17 nitrogen and oxygen atoms in total. The molecule has 0 bridgehead atoms. The zero-order valence-electron chi connectivity index (χ0n) is 30.7. The predicted octanol–water partition coefficient (Wildman–Crippen LogP) is 0.592. The minimum absolute atomic E-state index is 0.0167. The van der Waals surface area contributed by atoms with Gasteiger partial charge in [-0.2, -0.15) is 0 Å². The number of ether oxygens (including phenoxy) is 3. The Balaban J connectivity index is 0.0000128. The molecular formula is C35H53N5O12. The molecule has 0 heterocycles. The number of hydrogen-bond acceptors (Lipinski definition) is 12. The highest BCUT2D eigenvalue weighted by Crippen LogP contribution is 2.25. The van der Waals surface area contributed by atoms with Crippen LogP contribution in [-0.4, -0.2) is 99.8 Å². The topological polar surface area (TPSA) is 241 Å². The molecule has 290 valence electrons. The second-order valence-electron chi connectivity index (χ2n) is 10.8. The molecule has 0 unspecified atom stereocenters. The lowest BCUT2D eigenvalue weighted by Crippen LogP contribution is -2.43. The number of Topliss-reactive ketones (excluding diaryl/α,β-unsaturated/α-hetero) is 3. The van der Waals surface area contributed by atoms with Crippen molar-refractivity contribution in [1.82, 2.24) is 26.6 Å². The van der Waals surface area contributed by atoms with Crippen molar-refractivity contribution in [2.45, 2.75) is 85.2 Å². The van der Waals surface area contributed by atoms with Crippen LogP contribution in [0.1, 0.15) is 84.1 Å². The number of carbonyl (C=O) groups is 9. The summed E-state index contributed by atoms with van der Waals surface area (Å²) in [5.41, 5.74) is 0.574. The zero-order chi connectivity index (χ0) is 39.3. The van der Waals surface area contributed by atoms with Gasteiger partial charge in [0.2, 0.25) is 29.5 Å². The molecule has 1 aromatic carbocycles. The van der Waals surface area contributed by atoms with Crippen LogP contribution in [0.15, 0.2) is 18.2 Å². The van der Waals surface area contributed by atoms with Crippen LogP contribution in [-0.2, 0) is 54.5 Å². The molecule has 1 aromatic rings. The molecule has 0 spiro atoms. The van der Waals surface area contributed by atoms with Crippen molar-refractivity contribution in [2.24, 2.45) is 0 Å². The number of methoxy groups -OCH3 is 1. The van der Waals surface area contributed by atoms with Gasteiger partial charge < -0.3 is 40.8 Å². The fraction of sp³-hybridized carbons (Fsp3) is 0.571. The van der Waals surface area contributed by atoms with Crippen molar-refractivity contribution in [3.8, 4) is 11.5 Å². The Bertz CT molecular complexity index is 1370. The van der Waals surface area contributed by atoms with Crippen LogP contribution in [0, 0.1) is 0 Å². The lowest BCUT2D eigenvalue weighted by atomic mass is 10.1. The third-order valence-electron chi connectivity index (χ3n) is 6.86. The molecule has 0 saturated heterocycles. The highest BCUT2D eigenvalue weighted by atomic mass is 16.5. The molecule has 0 aliphatic rings. The van der Waals surface area contributed by atoms with E-state index in [1.54, 1.807) is 32.2 Å². The fourth-order valence-corrected chi connectivity index (χ4v) is 3.87. The first kappa shape index (κ1) is 46.6. The van der Waals surface area contributed by atoms with Crippen molar-refractivity contribution >= 4 is 52.9 Å². The fourth-order valence-electron chi connectivity index (χ4n) is 3.87. The highest BCUT2D eigenvalue weighted by Gasteiger charge is 2.14. The van der Waals surface area contributed by atoms with Gasteiger partial charge in [0, 0.05) is 63.6 Å². The Morgan fingerprint density at radius 1 is 0.615 bits per heavy atom. The molecule has 0 saturated carbocycles. The van der Waals surface area contributed by atoms with E-state index in [4.69, 9.17) is 14.2 Å². The molecule has 0 aliphatic carbocycles. The summed E-state index contributed by atoms with van der Waals surface area (Å²) >= 11 is 0. The van der Waals surface area contributed by atoms with Crippen molar-refractivity contribution in [2.75, 3.05) is 46.9 Å². The van der Waals surface area contributed by atoms with Crippen molar-refractivity contribution in [3.05, 3.63) is 23.8 Å². The number of nitrogens with one attached hydrogen (secondary N) is 5. The number of benzene rings is 1. The van der Waals surface area contributed by atoms with E-state index >= 15 is 0 Å². The minimum atomic E-state index is -0.681. The van der Waals surface area contributed by atoms with Gasteiger partial charge in [-0.25, -0.2) is 0 Å². The van der Waals surface area contributed by atoms with Gasteiger partial charge in [-0.1, -0.05) is 20.8 Å². The Morgan fingerprint density at radius 2 is 1.13 bits per heavy atom. The summed E-state index contributed by atoms with van der Waals surface area (Å²) in [4.78, 5) is 106. The second kappa shape index (κ2) is 28.4. The van der Waals surface area contributed by atoms with Gasteiger partial charge in [0.15, 0.2) is 11.6 Å². The van der Waals surface area contributed by atoms with E-state index in [9.17, 15) is 43.2 Å².